The monoisotopic (exact) mass is 245 g/mol. The summed E-state index contributed by atoms with van der Waals surface area (Å²) in [6.07, 6.45) is 4.78. The molecule has 5 heteroatoms. The van der Waals surface area contributed by atoms with E-state index in [1.807, 2.05) is 0 Å². The molecule has 0 aliphatic rings. The minimum Gasteiger partial charge on any atom is -0.465 e. The molecule has 0 amide bonds. The van der Waals surface area contributed by atoms with Gasteiger partial charge in [-0.15, -0.1) is 11.6 Å². The van der Waals surface area contributed by atoms with E-state index in [0.29, 0.717) is 22.2 Å². The molecule has 0 atom stereocenters. The Morgan fingerprint density at radius 2 is 2.40 bits per heavy atom. The van der Waals surface area contributed by atoms with Crippen LogP contribution in [0.2, 0.25) is 5.15 Å². The van der Waals surface area contributed by atoms with E-state index in [1.165, 1.54) is 13.3 Å². The summed E-state index contributed by atoms with van der Waals surface area (Å²) in [6, 6.07) is 1.60. The number of ether oxygens (including phenoxy) is 1. The number of rotatable bonds is 3. The Balaban J connectivity index is 3.05. The summed E-state index contributed by atoms with van der Waals surface area (Å²) in [7, 11) is 1.31. The zero-order valence-electron chi connectivity index (χ0n) is 8.04. The Kier molecular flexibility index (Phi) is 4.59. The molecule has 0 unspecified atom stereocenters. The predicted molar refractivity (Wildman–Crippen MR) is 60.3 cm³/mol. The van der Waals surface area contributed by atoms with Gasteiger partial charge in [-0.2, -0.15) is 0 Å². The number of carbonyl (C=O) groups is 1. The van der Waals surface area contributed by atoms with Crippen molar-refractivity contribution in [2.24, 2.45) is 0 Å². The fourth-order valence-electron chi connectivity index (χ4n) is 0.983. The molecule has 0 spiro atoms. The van der Waals surface area contributed by atoms with Gasteiger partial charge < -0.3 is 4.74 Å². The summed E-state index contributed by atoms with van der Waals surface area (Å²) in [5, 5.41) is 0.323. The largest absolute Gasteiger partial charge is 0.465 e. The standard InChI is InChI=1S/C10H9Cl2NO2/c1-15-10(14)8-5-7(3-2-4-11)9(12)13-6-8/h2-3,5-6H,4H2,1H3. The van der Waals surface area contributed by atoms with Crippen LogP contribution < -0.4 is 0 Å². The van der Waals surface area contributed by atoms with Gasteiger partial charge in [-0.25, -0.2) is 9.78 Å². The highest BCUT2D eigenvalue weighted by Gasteiger charge is 2.08. The summed E-state index contributed by atoms with van der Waals surface area (Å²) in [5.41, 5.74) is 0.997. The van der Waals surface area contributed by atoms with E-state index < -0.39 is 5.97 Å². The van der Waals surface area contributed by atoms with Crippen LogP contribution in [0.15, 0.2) is 18.3 Å². The van der Waals surface area contributed by atoms with Crippen LogP contribution in [0.3, 0.4) is 0 Å². The van der Waals surface area contributed by atoms with Crippen molar-refractivity contribution in [3.8, 4) is 0 Å². The van der Waals surface area contributed by atoms with Crippen molar-refractivity contribution < 1.29 is 9.53 Å². The lowest BCUT2D eigenvalue weighted by Gasteiger charge is -2.01. The van der Waals surface area contributed by atoms with Crippen LogP contribution in [-0.4, -0.2) is 23.9 Å². The van der Waals surface area contributed by atoms with Crippen LogP contribution in [0.5, 0.6) is 0 Å². The summed E-state index contributed by atoms with van der Waals surface area (Å²) < 4.78 is 4.56. The molecular weight excluding hydrogens is 237 g/mol. The number of hydrogen-bond donors (Lipinski definition) is 0. The van der Waals surface area contributed by atoms with Crippen molar-refractivity contribution in [1.29, 1.82) is 0 Å². The van der Waals surface area contributed by atoms with Crippen molar-refractivity contribution in [2.75, 3.05) is 13.0 Å². The number of nitrogens with zero attached hydrogens (tertiary/aromatic N) is 1. The molecule has 0 fully saturated rings. The van der Waals surface area contributed by atoms with Crippen molar-refractivity contribution in [3.05, 3.63) is 34.6 Å². The molecule has 1 aromatic rings. The van der Waals surface area contributed by atoms with Crippen LogP contribution in [0, 0.1) is 0 Å². The lowest BCUT2D eigenvalue weighted by atomic mass is 10.2. The van der Waals surface area contributed by atoms with Gasteiger partial charge in [0.2, 0.25) is 0 Å². The third-order valence-electron chi connectivity index (χ3n) is 1.67. The Morgan fingerprint density at radius 1 is 1.67 bits per heavy atom. The Bertz CT molecular complexity index is 391. The Labute approximate surface area is 97.7 Å². The second-order valence-electron chi connectivity index (χ2n) is 2.65. The first-order valence-electron chi connectivity index (χ1n) is 4.15. The minimum atomic E-state index is -0.445. The Morgan fingerprint density at radius 3 is 3.00 bits per heavy atom. The molecule has 0 aliphatic carbocycles. The molecule has 80 valence electrons. The molecule has 1 rings (SSSR count). The minimum absolute atomic E-state index is 0.323. The summed E-state index contributed by atoms with van der Waals surface area (Å²) >= 11 is 11.3. The molecule has 0 saturated heterocycles. The van der Waals surface area contributed by atoms with Crippen molar-refractivity contribution >= 4 is 35.2 Å². The van der Waals surface area contributed by atoms with Gasteiger partial charge in [0.15, 0.2) is 0 Å². The van der Waals surface area contributed by atoms with Gasteiger partial charge in [0, 0.05) is 17.6 Å². The van der Waals surface area contributed by atoms with Gasteiger partial charge >= 0.3 is 5.97 Å². The van der Waals surface area contributed by atoms with E-state index >= 15 is 0 Å². The van der Waals surface area contributed by atoms with Gasteiger partial charge in [0.25, 0.3) is 0 Å². The topological polar surface area (TPSA) is 39.2 Å². The van der Waals surface area contributed by atoms with Crippen LogP contribution in [0.25, 0.3) is 6.08 Å². The second-order valence-corrected chi connectivity index (χ2v) is 3.32. The van der Waals surface area contributed by atoms with Crippen LogP contribution in [-0.2, 0) is 4.74 Å². The highest BCUT2D eigenvalue weighted by molar-refractivity contribution is 6.31. The number of hydrogen-bond acceptors (Lipinski definition) is 3. The number of methoxy groups -OCH3 is 1. The number of halogens is 2. The van der Waals surface area contributed by atoms with E-state index in [2.05, 4.69) is 9.72 Å². The van der Waals surface area contributed by atoms with Gasteiger partial charge in [0.05, 0.1) is 12.7 Å². The highest BCUT2D eigenvalue weighted by Crippen LogP contribution is 2.16. The number of pyridine rings is 1. The first kappa shape index (κ1) is 12.0. The maximum Gasteiger partial charge on any atom is 0.339 e. The molecule has 0 saturated carbocycles. The first-order chi connectivity index (χ1) is 7.19. The van der Waals surface area contributed by atoms with E-state index in [9.17, 15) is 4.79 Å². The number of aromatic nitrogens is 1. The third-order valence-corrected chi connectivity index (χ3v) is 2.17. The van der Waals surface area contributed by atoms with Crippen LogP contribution in [0.4, 0.5) is 0 Å². The van der Waals surface area contributed by atoms with Gasteiger partial charge in [-0.3, -0.25) is 0 Å². The number of esters is 1. The van der Waals surface area contributed by atoms with Crippen LogP contribution >= 0.6 is 23.2 Å². The lowest BCUT2D eigenvalue weighted by Crippen LogP contribution is -2.02. The van der Waals surface area contributed by atoms with E-state index in [-0.39, 0.29) is 0 Å². The molecule has 0 radical (unpaired) electrons. The molecule has 3 nitrogen and oxygen atoms in total. The van der Waals surface area contributed by atoms with Crippen molar-refractivity contribution in [3.63, 3.8) is 0 Å². The molecule has 0 aromatic carbocycles. The fourth-order valence-corrected chi connectivity index (χ4v) is 1.24. The lowest BCUT2D eigenvalue weighted by molar-refractivity contribution is 0.0600. The SMILES string of the molecule is COC(=O)c1cnc(Cl)c(C=CCCl)c1. The smallest absolute Gasteiger partial charge is 0.339 e. The third kappa shape index (κ3) is 3.22. The maximum absolute atomic E-state index is 11.2. The Hall–Kier alpha value is -1.06. The predicted octanol–water partition coefficient (Wildman–Crippen LogP) is 2.77. The molecule has 0 N–H and O–H groups in total. The van der Waals surface area contributed by atoms with Gasteiger partial charge in [-0.1, -0.05) is 23.8 Å². The van der Waals surface area contributed by atoms with Crippen molar-refractivity contribution in [2.45, 2.75) is 0 Å². The molecule has 1 heterocycles. The summed E-state index contributed by atoms with van der Waals surface area (Å²) in [4.78, 5) is 15.1. The summed E-state index contributed by atoms with van der Waals surface area (Å²) in [6.45, 7) is 0. The quantitative estimate of drug-likeness (QED) is 0.467. The average Bonchev–Trinajstić information content (AvgIpc) is 2.27. The van der Waals surface area contributed by atoms with Gasteiger partial charge in [0.1, 0.15) is 5.15 Å². The van der Waals surface area contributed by atoms with Crippen molar-refractivity contribution in [1.82, 2.24) is 4.98 Å². The first-order valence-corrected chi connectivity index (χ1v) is 5.06. The zero-order valence-corrected chi connectivity index (χ0v) is 9.55. The number of allylic oxidation sites excluding steroid dienone is 1. The number of alkyl halides is 1. The van der Waals surface area contributed by atoms with Gasteiger partial charge in [-0.05, 0) is 6.07 Å². The molecule has 0 bridgehead atoms. The average molecular weight is 246 g/mol. The molecule has 0 aliphatic heterocycles. The number of carbonyl (C=O) groups excluding carboxylic acids is 1. The fraction of sp³-hybridized carbons (Fsp3) is 0.200. The highest BCUT2D eigenvalue weighted by atomic mass is 35.5. The second kappa shape index (κ2) is 5.73. The van der Waals surface area contributed by atoms with E-state index in [1.54, 1.807) is 18.2 Å². The summed E-state index contributed by atoms with van der Waals surface area (Å²) in [5.74, 6) is -0.0709. The van der Waals surface area contributed by atoms with Crippen LogP contribution in [0.1, 0.15) is 15.9 Å². The molecule has 15 heavy (non-hydrogen) atoms. The molecule has 1 aromatic heterocycles. The maximum atomic E-state index is 11.2. The molecular formula is C10H9Cl2NO2. The normalized spacial score (nSPS) is 10.6. The van der Waals surface area contributed by atoms with E-state index in [4.69, 9.17) is 23.2 Å². The zero-order chi connectivity index (χ0) is 11.3. The van der Waals surface area contributed by atoms with E-state index in [0.717, 1.165) is 0 Å².